The maximum atomic E-state index is 13.7. The highest BCUT2D eigenvalue weighted by Crippen LogP contribution is 2.29. The number of hydrogen-bond donors (Lipinski definition) is 1. The number of benzene rings is 2. The molecule has 2 aromatic carbocycles. The first kappa shape index (κ1) is 19.0. The van der Waals surface area contributed by atoms with Crippen LogP contribution in [-0.2, 0) is 17.0 Å². The van der Waals surface area contributed by atoms with Crippen LogP contribution in [0.2, 0.25) is 0 Å². The van der Waals surface area contributed by atoms with Crippen molar-refractivity contribution in [3.63, 3.8) is 0 Å². The standard InChI is InChI=1S/C20H16FN3OS3/c1-12-5-4-8-16-18(12)24-19(28-16)23-17(25)9-14-11-27-20(22-14)26-10-13-6-2-3-7-15(13)21/h2-8,11H,9-10H2,1H3,(H,23,24,25). The van der Waals surface area contributed by atoms with E-state index in [0.29, 0.717) is 22.1 Å². The average molecular weight is 430 g/mol. The number of aromatic nitrogens is 2. The van der Waals surface area contributed by atoms with Gasteiger partial charge in [-0.05, 0) is 30.2 Å². The van der Waals surface area contributed by atoms with E-state index in [9.17, 15) is 9.18 Å². The predicted octanol–water partition coefficient (Wildman–Crippen LogP) is 5.67. The van der Waals surface area contributed by atoms with E-state index in [1.165, 1.54) is 40.5 Å². The summed E-state index contributed by atoms with van der Waals surface area (Å²) < 4.78 is 15.6. The van der Waals surface area contributed by atoms with E-state index in [4.69, 9.17) is 0 Å². The number of hydrogen-bond acceptors (Lipinski definition) is 6. The fourth-order valence-corrected chi connectivity index (χ4v) is 5.45. The number of fused-ring (bicyclic) bond motifs is 1. The molecule has 0 bridgehead atoms. The van der Waals surface area contributed by atoms with Gasteiger partial charge in [0.25, 0.3) is 0 Å². The summed E-state index contributed by atoms with van der Waals surface area (Å²) in [5.74, 6) is 0.154. The number of carbonyl (C=O) groups excluding carboxylic acids is 1. The molecule has 4 aromatic rings. The largest absolute Gasteiger partial charge is 0.302 e. The first-order chi connectivity index (χ1) is 13.6. The molecule has 0 fully saturated rings. The van der Waals surface area contributed by atoms with Gasteiger partial charge in [-0.1, -0.05) is 53.4 Å². The highest BCUT2D eigenvalue weighted by Gasteiger charge is 2.12. The van der Waals surface area contributed by atoms with Gasteiger partial charge in [0.05, 0.1) is 22.3 Å². The van der Waals surface area contributed by atoms with E-state index >= 15 is 0 Å². The summed E-state index contributed by atoms with van der Waals surface area (Å²) in [7, 11) is 0. The highest BCUT2D eigenvalue weighted by atomic mass is 32.2. The Bertz CT molecular complexity index is 1140. The van der Waals surface area contributed by atoms with Gasteiger partial charge in [0.15, 0.2) is 5.13 Å². The number of para-hydroxylation sites is 1. The second kappa shape index (κ2) is 8.38. The Hall–Kier alpha value is -2.29. The first-order valence-electron chi connectivity index (χ1n) is 8.55. The van der Waals surface area contributed by atoms with Gasteiger partial charge in [-0.25, -0.2) is 14.4 Å². The molecule has 1 amide bonds. The molecule has 0 saturated carbocycles. The van der Waals surface area contributed by atoms with E-state index in [1.54, 1.807) is 12.1 Å². The minimum absolute atomic E-state index is 0.146. The number of rotatable bonds is 6. The van der Waals surface area contributed by atoms with Crippen LogP contribution in [0.3, 0.4) is 0 Å². The van der Waals surface area contributed by atoms with Crippen LogP contribution in [0, 0.1) is 12.7 Å². The van der Waals surface area contributed by atoms with Gasteiger partial charge in [0, 0.05) is 11.1 Å². The number of thioether (sulfide) groups is 1. The fraction of sp³-hybridized carbons (Fsp3) is 0.150. The van der Waals surface area contributed by atoms with Crippen molar-refractivity contribution < 1.29 is 9.18 Å². The van der Waals surface area contributed by atoms with Crippen LogP contribution in [0.15, 0.2) is 52.2 Å². The Morgan fingerprint density at radius 1 is 1.18 bits per heavy atom. The van der Waals surface area contributed by atoms with Crippen LogP contribution in [0.1, 0.15) is 16.8 Å². The zero-order valence-corrected chi connectivity index (χ0v) is 17.4. The minimum Gasteiger partial charge on any atom is -0.302 e. The van der Waals surface area contributed by atoms with Gasteiger partial charge in [-0.2, -0.15) is 0 Å². The molecule has 2 aromatic heterocycles. The summed E-state index contributed by atoms with van der Waals surface area (Å²) in [6.45, 7) is 2.00. The second-order valence-corrected chi connectivity index (χ2v) is 9.26. The van der Waals surface area contributed by atoms with Gasteiger partial charge < -0.3 is 5.32 Å². The third kappa shape index (κ3) is 4.40. The van der Waals surface area contributed by atoms with Crippen molar-refractivity contribution in [3.8, 4) is 0 Å². The van der Waals surface area contributed by atoms with E-state index in [1.807, 2.05) is 36.6 Å². The summed E-state index contributed by atoms with van der Waals surface area (Å²) in [5, 5.41) is 5.32. The maximum absolute atomic E-state index is 13.7. The Kier molecular flexibility index (Phi) is 5.70. The van der Waals surface area contributed by atoms with Crippen LogP contribution >= 0.6 is 34.4 Å². The molecule has 0 radical (unpaired) electrons. The molecule has 8 heteroatoms. The van der Waals surface area contributed by atoms with Crippen molar-refractivity contribution in [2.45, 2.75) is 23.4 Å². The van der Waals surface area contributed by atoms with Crippen molar-refractivity contribution in [1.82, 2.24) is 9.97 Å². The number of thiazole rings is 2. The number of nitrogens with zero attached hydrogens (tertiary/aromatic N) is 2. The molecule has 0 unspecified atom stereocenters. The SMILES string of the molecule is Cc1cccc2sc(NC(=O)Cc3csc(SCc4ccccc4F)n3)nc12. The zero-order chi connectivity index (χ0) is 19.5. The third-order valence-electron chi connectivity index (χ3n) is 4.05. The quantitative estimate of drug-likeness (QED) is 0.401. The number of carbonyl (C=O) groups is 1. The Labute approximate surface area is 173 Å². The number of aryl methyl sites for hydroxylation is 1. The lowest BCUT2D eigenvalue weighted by Gasteiger charge is -2.00. The van der Waals surface area contributed by atoms with Gasteiger partial charge in [-0.3, -0.25) is 4.79 Å². The molecular weight excluding hydrogens is 413 g/mol. The highest BCUT2D eigenvalue weighted by molar-refractivity contribution is 8.00. The van der Waals surface area contributed by atoms with Crippen molar-refractivity contribution in [2.75, 3.05) is 5.32 Å². The average Bonchev–Trinajstić information content (AvgIpc) is 3.28. The third-order valence-corrected chi connectivity index (χ3v) is 7.10. The molecule has 142 valence electrons. The molecule has 0 aliphatic carbocycles. The minimum atomic E-state index is -0.211. The molecule has 4 rings (SSSR count). The molecule has 28 heavy (non-hydrogen) atoms. The van der Waals surface area contributed by atoms with Crippen LogP contribution in [-0.4, -0.2) is 15.9 Å². The lowest BCUT2D eigenvalue weighted by molar-refractivity contribution is -0.115. The Morgan fingerprint density at radius 3 is 2.86 bits per heavy atom. The molecule has 0 atom stereocenters. The molecule has 0 aliphatic heterocycles. The van der Waals surface area contributed by atoms with Crippen LogP contribution in [0.4, 0.5) is 9.52 Å². The van der Waals surface area contributed by atoms with Gasteiger partial charge in [0.1, 0.15) is 10.2 Å². The summed E-state index contributed by atoms with van der Waals surface area (Å²) in [6.07, 6.45) is 0.186. The molecular formula is C20H16FN3OS3. The molecule has 0 spiro atoms. The number of amides is 1. The van der Waals surface area contributed by atoms with Gasteiger partial charge in [0.2, 0.25) is 5.91 Å². The number of nitrogens with one attached hydrogen (secondary N) is 1. The van der Waals surface area contributed by atoms with Crippen molar-refractivity contribution in [2.24, 2.45) is 0 Å². The fourth-order valence-electron chi connectivity index (χ4n) is 2.66. The van der Waals surface area contributed by atoms with Gasteiger partial charge >= 0.3 is 0 Å². The monoisotopic (exact) mass is 429 g/mol. The Morgan fingerprint density at radius 2 is 2.04 bits per heavy atom. The summed E-state index contributed by atoms with van der Waals surface area (Å²) in [6, 6.07) is 12.7. The summed E-state index contributed by atoms with van der Waals surface area (Å²) >= 11 is 4.40. The lowest BCUT2D eigenvalue weighted by atomic mass is 10.2. The van der Waals surface area contributed by atoms with Crippen LogP contribution < -0.4 is 5.32 Å². The molecule has 0 saturated heterocycles. The molecule has 1 N–H and O–H groups in total. The van der Waals surface area contributed by atoms with E-state index < -0.39 is 0 Å². The smallest absolute Gasteiger partial charge is 0.232 e. The van der Waals surface area contributed by atoms with E-state index in [0.717, 1.165) is 20.1 Å². The summed E-state index contributed by atoms with van der Waals surface area (Å²) in [5.41, 5.74) is 3.36. The van der Waals surface area contributed by atoms with Crippen LogP contribution in [0.5, 0.6) is 0 Å². The summed E-state index contributed by atoms with van der Waals surface area (Å²) in [4.78, 5) is 21.3. The van der Waals surface area contributed by atoms with Crippen molar-refractivity contribution in [3.05, 3.63) is 70.5 Å². The maximum Gasteiger partial charge on any atom is 0.232 e. The number of anilines is 1. The van der Waals surface area contributed by atoms with Gasteiger partial charge in [-0.15, -0.1) is 11.3 Å². The molecule has 4 nitrogen and oxygen atoms in total. The predicted molar refractivity (Wildman–Crippen MR) is 115 cm³/mol. The lowest BCUT2D eigenvalue weighted by Crippen LogP contribution is -2.14. The van der Waals surface area contributed by atoms with Crippen molar-refractivity contribution >= 4 is 55.7 Å². The van der Waals surface area contributed by atoms with E-state index in [2.05, 4.69) is 15.3 Å². The topological polar surface area (TPSA) is 54.9 Å². The first-order valence-corrected chi connectivity index (χ1v) is 11.2. The Balaban J connectivity index is 1.36. The molecule has 0 aliphatic rings. The second-order valence-electron chi connectivity index (χ2n) is 6.15. The molecule has 2 heterocycles. The van der Waals surface area contributed by atoms with E-state index in [-0.39, 0.29) is 18.1 Å². The normalized spacial score (nSPS) is 11.1. The number of halogens is 1. The van der Waals surface area contributed by atoms with Crippen LogP contribution in [0.25, 0.3) is 10.2 Å². The zero-order valence-electron chi connectivity index (χ0n) is 14.9. The van der Waals surface area contributed by atoms with Crippen molar-refractivity contribution in [1.29, 1.82) is 0 Å².